The van der Waals surface area contributed by atoms with Gasteiger partial charge in [0.25, 0.3) is 0 Å². The van der Waals surface area contributed by atoms with Crippen LogP contribution in [0, 0.1) is 0 Å². The standard InChI is InChI=1S/C21H24O9/c22-9-17-18(25)19(26)20(27)21(30-17)28-12-3-1-10(2-4-12)15-6-5-13-14(24)7-11(23)8-16(13)29-15/h1-4,7-8,15,17-27H,5-6,9H2. The maximum atomic E-state index is 10.1. The van der Waals surface area contributed by atoms with Gasteiger partial charge in [0.1, 0.15) is 53.5 Å². The van der Waals surface area contributed by atoms with Gasteiger partial charge in [0, 0.05) is 17.7 Å². The molecule has 9 heteroatoms. The van der Waals surface area contributed by atoms with Crippen molar-refractivity contribution >= 4 is 0 Å². The average Bonchev–Trinajstić information content (AvgIpc) is 2.74. The lowest BCUT2D eigenvalue weighted by atomic mass is 9.96. The van der Waals surface area contributed by atoms with Crippen molar-refractivity contribution in [1.82, 2.24) is 0 Å². The SMILES string of the molecule is OCC1OC(Oc2ccc(C3CCc4c(O)cc(O)cc4O3)cc2)C(O)C(O)C1O. The summed E-state index contributed by atoms with van der Waals surface area (Å²) < 4.78 is 16.9. The first-order valence-corrected chi connectivity index (χ1v) is 9.66. The number of fused-ring (bicyclic) bond motifs is 1. The molecule has 0 aliphatic carbocycles. The van der Waals surface area contributed by atoms with E-state index < -0.39 is 37.3 Å². The average molecular weight is 420 g/mol. The highest BCUT2D eigenvalue weighted by atomic mass is 16.7. The number of benzene rings is 2. The zero-order valence-corrected chi connectivity index (χ0v) is 16.0. The van der Waals surface area contributed by atoms with Crippen LogP contribution < -0.4 is 9.47 Å². The Labute approximate surface area is 172 Å². The fourth-order valence-electron chi connectivity index (χ4n) is 3.76. The Balaban J connectivity index is 1.44. The van der Waals surface area contributed by atoms with Crippen LogP contribution in [-0.4, -0.2) is 68.0 Å². The fraction of sp³-hybridized carbons (Fsp3) is 0.429. The van der Waals surface area contributed by atoms with Gasteiger partial charge in [0.15, 0.2) is 0 Å². The number of aliphatic hydroxyl groups is 4. The first-order valence-electron chi connectivity index (χ1n) is 9.66. The van der Waals surface area contributed by atoms with Gasteiger partial charge in [-0.15, -0.1) is 0 Å². The molecule has 6 atom stereocenters. The Bertz CT molecular complexity index is 883. The number of phenols is 2. The lowest BCUT2D eigenvalue weighted by Gasteiger charge is -2.39. The van der Waals surface area contributed by atoms with Gasteiger partial charge in [-0.3, -0.25) is 0 Å². The summed E-state index contributed by atoms with van der Waals surface area (Å²) >= 11 is 0. The number of aromatic hydroxyl groups is 2. The molecule has 1 saturated heterocycles. The normalized spacial score (nSPS) is 30.9. The van der Waals surface area contributed by atoms with Crippen LogP contribution in [0.25, 0.3) is 0 Å². The van der Waals surface area contributed by atoms with Crippen molar-refractivity contribution in [3.63, 3.8) is 0 Å². The van der Waals surface area contributed by atoms with Crippen LogP contribution in [0.1, 0.15) is 23.7 Å². The van der Waals surface area contributed by atoms with Crippen LogP contribution in [0.4, 0.5) is 0 Å². The Hall–Kier alpha value is -2.56. The lowest BCUT2D eigenvalue weighted by Crippen LogP contribution is -2.60. The largest absolute Gasteiger partial charge is 0.508 e. The molecule has 0 amide bonds. The van der Waals surface area contributed by atoms with E-state index in [9.17, 15) is 30.6 Å². The van der Waals surface area contributed by atoms with E-state index in [2.05, 4.69) is 0 Å². The van der Waals surface area contributed by atoms with Crippen molar-refractivity contribution < 1.29 is 44.8 Å². The van der Waals surface area contributed by atoms with Crippen LogP contribution >= 0.6 is 0 Å². The molecule has 1 fully saturated rings. The zero-order valence-electron chi connectivity index (χ0n) is 16.0. The molecule has 4 rings (SSSR count). The molecule has 2 aromatic rings. The summed E-state index contributed by atoms with van der Waals surface area (Å²) in [4.78, 5) is 0. The summed E-state index contributed by atoms with van der Waals surface area (Å²) in [6.07, 6.45) is -5.79. The van der Waals surface area contributed by atoms with Crippen molar-refractivity contribution in [2.75, 3.05) is 6.61 Å². The highest BCUT2D eigenvalue weighted by Crippen LogP contribution is 2.41. The number of rotatable bonds is 4. The van der Waals surface area contributed by atoms with E-state index in [1.54, 1.807) is 24.3 Å². The number of hydrogen-bond acceptors (Lipinski definition) is 9. The quantitative estimate of drug-likeness (QED) is 0.412. The maximum Gasteiger partial charge on any atom is 0.229 e. The van der Waals surface area contributed by atoms with Gasteiger partial charge in [0.2, 0.25) is 6.29 Å². The highest BCUT2D eigenvalue weighted by molar-refractivity contribution is 5.51. The number of phenolic OH excluding ortho intramolecular Hbond substituents is 2. The van der Waals surface area contributed by atoms with Crippen molar-refractivity contribution in [3.8, 4) is 23.0 Å². The second-order valence-corrected chi connectivity index (χ2v) is 7.47. The molecule has 2 aliphatic heterocycles. The van der Waals surface area contributed by atoms with E-state index in [1.807, 2.05) is 0 Å². The fourth-order valence-corrected chi connectivity index (χ4v) is 3.76. The predicted octanol–water partition coefficient (Wildman–Crippen LogP) is 0.343. The smallest absolute Gasteiger partial charge is 0.229 e. The molecule has 2 aliphatic rings. The monoisotopic (exact) mass is 420 g/mol. The topological polar surface area (TPSA) is 149 Å². The zero-order chi connectivity index (χ0) is 21.4. The van der Waals surface area contributed by atoms with Crippen LogP contribution in [0.15, 0.2) is 36.4 Å². The van der Waals surface area contributed by atoms with E-state index in [4.69, 9.17) is 14.2 Å². The Morgan fingerprint density at radius 1 is 0.967 bits per heavy atom. The molecule has 0 radical (unpaired) electrons. The molecule has 2 aromatic carbocycles. The summed E-state index contributed by atoms with van der Waals surface area (Å²) in [7, 11) is 0. The van der Waals surface area contributed by atoms with E-state index >= 15 is 0 Å². The van der Waals surface area contributed by atoms with Crippen LogP contribution in [-0.2, 0) is 11.2 Å². The van der Waals surface area contributed by atoms with Crippen molar-refractivity contribution in [2.24, 2.45) is 0 Å². The molecule has 0 saturated carbocycles. The number of ether oxygens (including phenoxy) is 3. The maximum absolute atomic E-state index is 10.1. The van der Waals surface area contributed by atoms with Crippen molar-refractivity contribution in [3.05, 3.63) is 47.5 Å². The Kier molecular flexibility index (Phi) is 5.72. The number of aliphatic hydroxyl groups excluding tert-OH is 4. The van der Waals surface area contributed by atoms with Gasteiger partial charge in [-0.25, -0.2) is 0 Å². The Morgan fingerprint density at radius 2 is 1.70 bits per heavy atom. The minimum absolute atomic E-state index is 0.00623. The molecule has 0 spiro atoms. The van der Waals surface area contributed by atoms with Crippen LogP contribution in [0.5, 0.6) is 23.0 Å². The highest BCUT2D eigenvalue weighted by Gasteiger charge is 2.44. The third-order valence-electron chi connectivity index (χ3n) is 5.45. The van der Waals surface area contributed by atoms with Gasteiger partial charge >= 0.3 is 0 Å². The van der Waals surface area contributed by atoms with Gasteiger partial charge in [-0.05, 0) is 30.5 Å². The van der Waals surface area contributed by atoms with Crippen molar-refractivity contribution in [2.45, 2.75) is 49.7 Å². The molecule has 162 valence electrons. The molecule has 0 bridgehead atoms. The second-order valence-electron chi connectivity index (χ2n) is 7.47. The third kappa shape index (κ3) is 3.90. The molecule has 9 nitrogen and oxygen atoms in total. The van der Waals surface area contributed by atoms with Gasteiger partial charge in [0.05, 0.1) is 6.61 Å². The summed E-state index contributed by atoms with van der Waals surface area (Å²) in [5.41, 5.74) is 1.51. The minimum atomic E-state index is -1.51. The predicted molar refractivity (Wildman–Crippen MR) is 102 cm³/mol. The first-order chi connectivity index (χ1) is 14.4. The minimum Gasteiger partial charge on any atom is -0.508 e. The third-order valence-corrected chi connectivity index (χ3v) is 5.45. The van der Waals surface area contributed by atoms with Crippen LogP contribution in [0.2, 0.25) is 0 Å². The molecule has 6 unspecified atom stereocenters. The summed E-state index contributed by atoms with van der Waals surface area (Å²) in [6, 6.07) is 9.60. The first kappa shape index (κ1) is 20.7. The Morgan fingerprint density at radius 3 is 2.40 bits per heavy atom. The van der Waals surface area contributed by atoms with Gasteiger partial charge in [-0.2, -0.15) is 0 Å². The summed E-state index contributed by atoms with van der Waals surface area (Å²) in [5, 5.41) is 58.6. The van der Waals surface area contributed by atoms with Crippen molar-refractivity contribution in [1.29, 1.82) is 0 Å². The van der Waals surface area contributed by atoms with Gasteiger partial charge in [-0.1, -0.05) is 12.1 Å². The lowest BCUT2D eigenvalue weighted by molar-refractivity contribution is -0.277. The second kappa shape index (κ2) is 8.29. The van der Waals surface area contributed by atoms with Gasteiger partial charge < -0.3 is 44.8 Å². The van der Waals surface area contributed by atoms with E-state index in [0.29, 0.717) is 29.9 Å². The molecule has 30 heavy (non-hydrogen) atoms. The van der Waals surface area contributed by atoms with E-state index in [0.717, 1.165) is 5.56 Å². The molecular weight excluding hydrogens is 396 g/mol. The van der Waals surface area contributed by atoms with Crippen LogP contribution in [0.3, 0.4) is 0 Å². The van der Waals surface area contributed by atoms with E-state index in [-0.39, 0.29) is 17.6 Å². The summed E-state index contributed by atoms with van der Waals surface area (Å²) in [5.74, 6) is 0.724. The molecule has 6 N–H and O–H groups in total. The molecule has 2 heterocycles. The number of hydrogen-bond donors (Lipinski definition) is 6. The molecular formula is C21H24O9. The van der Waals surface area contributed by atoms with E-state index in [1.165, 1.54) is 12.1 Å². The molecule has 0 aromatic heterocycles. The summed E-state index contributed by atoms with van der Waals surface area (Å²) in [6.45, 7) is -0.532.